The number of aryl methyl sites for hydroxylation is 1. The minimum atomic E-state index is -0.240. The number of alkyl halides is 1. The number of halogens is 2. The van der Waals surface area contributed by atoms with Gasteiger partial charge in [-0.1, -0.05) is 52.3 Å². The van der Waals surface area contributed by atoms with Gasteiger partial charge in [0.25, 0.3) is 0 Å². The van der Waals surface area contributed by atoms with Crippen LogP contribution in [0.25, 0.3) is 0 Å². The minimum Gasteiger partial charge on any atom is -0.494 e. The average Bonchev–Trinajstić information content (AvgIpc) is 2.50. The van der Waals surface area contributed by atoms with Crippen LogP contribution in [-0.4, -0.2) is 12.4 Å². The van der Waals surface area contributed by atoms with Crippen molar-refractivity contribution in [3.05, 3.63) is 65.0 Å². The van der Waals surface area contributed by atoms with Gasteiger partial charge in [0, 0.05) is 5.33 Å². The van der Waals surface area contributed by atoms with Crippen LogP contribution in [0.1, 0.15) is 16.7 Å². The molecule has 0 aliphatic heterocycles. The molecule has 21 heavy (non-hydrogen) atoms. The van der Waals surface area contributed by atoms with Crippen LogP contribution in [0.2, 0.25) is 0 Å². The zero-order valence-electron chi connectivity index (χ0n) is 12.4. The summed E-state index contributed by atoms with van der Waals surface area (Å²) >= 11 is 3.56. The van der Waals surface area contributed by atoms with E-state index >= 15 is 0 Å². The molecule has 0 spiro atoms. The third-order valence-electron chi connectivity index (χ3n) is 3.76. The summed E-state index contributed by atoms with van der Waals surface area (Å²) in [5.74, 6) is 0.431. The van der Waals surface area contributed by atoms with E-state index in [2.05, 4.69) is 41.1 Å². The summed E-state index contributed by atoms with van der Waals surface area (Å²) in [5, 5.41) is 0.845. The maximum absolute atomic E-state index is 14.2. The second-order valence-electron chi connectivity index (χ2n) is 5.29. The second kappa shape index (κ2) is 7.60. The molecule has 2 aromatic carbocycles. The van der Waals surface area contributed by atoms with E-state index in [9.17, 15) is 4.39 Å². The molecule has 0 saturated carbocycles. The molecule has 0 heterocycles. The van der Waals surface area contributed by atoms with Gasteiger partial charge in [-0.2, -0.15) is 0 Å². The minimum absolute atomic E-state index is 0.240. The van der Waals surface area contributed by atoms with Crippen molar-refractivity contribution in [2.75, 3.05) is 12.4 Å². The van der Waals surface area contributed by atoms with Crippen LogP contribution in [0, 0.1) is 18.7 Å². The van der Waals surface area contributed by atoms with Crippen LogP contribution in [0.15, 0.2) is 42.5 Å². The van der Waals surface area contributed by atoms with E-state index in [0.29, 0.717) is 23.7 Å². The van der Waals surface area contributed by atoms with E-state index in [-0.39, 0.29) is 5.82 Å². The van der Waals surface area contributed by atoms with E-state index < -0.39 is 0 Å². The van der Waals surface area contributed by atoms with Gasteiger partial charge in [0.05, 0.1) is 7.11 Å². The number of methoxy groups -OCH3 is 1. The molecular formula is C18H20BrFO. The first-order chi connectivity index (χ1) is 10.2. The lowest BCUT2D eigenvalue weighted by Gasteiger charge is -2.17. The van der Waals surface area contributed by atoms with Crippen LogP contribution < -0.4 is 4.74 Å². The largest absolute Gasteiger partial charge is 0.494 e. The van der Waals surface area contributed by atoms with Gasteiger partial charge in [-0.25, -0.2) is 4.39 Å². The van der Waals surface area contributed by atoms with Gasteiger partial charge in [0.1, 0.15) is 0 Å². The summed E-state index contributed by atoms with van der Waals surface area (Å²) in [7, 11) is 1.50. The van der Waals surface area contributed by atoms with Crippen molar-refractivity contribution in [3.63, 3.8) is 0 Å². The van der Waals surface area contributed by atoms with Crippen molar-refractivity contribution in [1.82, 2.24) is 0 Å². The molecule has 1 atom stereocenters. The normalized spacial score (nSPS) is 12.2. The Morgan fingerprint density at radius 1 is 1.05 bits per heavy atom. The number of ether oxygens (including phenoxy) is 1. The Kier molecular flexibility index (Phi) is 5.80. The fraction of sp³-hybridized carbons (Fsp3) is 0.333. The molecule has 2 aromatic rings. The number of hydrogen-bond acceptors (Lipinski definition) is 1. The van der Waals surface area contributed by atoms with Crippen LogP contribution in [-0.2, 0) is 12.8 Å². The second-order valence-corrected chi connectivity index (χ2v) is 5.94. The smallest absolute Gasteiger partial charge is 0.168 e. The topological polar surface area (TPSA) is 9.23 Å². The Bertz CT molecular complexity index is 598. The van der Waals surface area contributed by atoms with Crippen molar-refractivity contribution in [1.29, 1.82) is 0 Å². The molecule has 1 unspecified atom stereocenters. The highest BCUT2D eigenvalue weighted by Crippen LogP contribution is 2.25. The van der Waals surface area contributed by atoms with Crippen molar-refractivity contribution in [3.8, 4) is 5.75 Å². The lowest BCUT2D eigenvalue weighted by molar-refractivity contribution is 0.382. The molecule has 0 aromatic heterocycles. The quantitative estimate of drug-likeness (QED) is 0.670. The van der Waals surface area contributed by atoms with Gasteiger partial charge in [-0.3, -0.25) is 0 Å². The summed E-state index contributed by atoms with van der Waals surface area (Å²) in [6.07, 6.45) is 1.64. The first-order valence-electron chi connectivity index (χ1n) is 7.07. The summed E-state index contributed by atoms with van der Waals surface area (Å²) in [6, 6.07) is 13.7. The van der Waals surface area contributed by atoms with Crippen LogP contribution in [0.5, 0.6) is 5.75 Å². The highest BCUT2D eigenvalue weighted by Gasteiger charge is 2.15. The number of hydrogen-bond donors (Lipinski definition) is 0. The predicted octanol–water partition coefficient (Wildman–Crippen LogP) is 4.94. The van der Waals surface area contributed by atoms with Gasteiger partial charge >= 0.3 is 0 Å². The Labute approximate surface area is 134 Å². The Morgan fingerprint density at radius 2 is 1.71 bits per heavy atom. The molecule has 1 nitrogen and oxygen atoms in total. The third-order valence-corrected chi connectivity index (χ3v) is 4.68. The first kappa shape index (κ1) is 16.0. The Balaban J connectivity index is 2.15. The van der Waals surface area contributed by atoms with Gasteiger partial charge < -0.3 is 4.74 Å². The van der Waals surface area contributed by atoms with Crippen molar-refractivity contribution in [2.45, 2.75) is 19.8 Å². The molecule has 0 aliphatic carbocycles. The molecule has 0 N–H and O–H groups in total. The molecule has 2 rings (SSSR count). The zero-order valence-corrected chi connectivity index (χ0v) is 14.0. The third kappa shape index (κ3) is 4.07. The highest BCUT2D eigenvalue weighted by molar-refractivity contribution is 9.09. The fourth-order valence-corrected chi connectivity index (χ4v) is 2.97. The molecule has 0 bridgehead atoms. The summed E-state index contributed by atoms with van der Waals surface area (Å²) in [5.41, 5.74) is 3.33. The fourth-order valence-electron chi connectivity index (χ4n) is 2.51. The van der Waals surface area contributed by atoms with E-state index in [0.717, 1.165) is 11.8 Å². The van der Waals surface area contributed by atoms with Crippen LogP contribution >= 0.6 is 15.9 Å². The lowest BCUT2D eigenvalue weighted by Crippen LogP contribution is -2.12. The molecule has 0 amide bonds. The van der Waals surface area contributed by atoms with Gasteiger partial charge in [0.15, 0.2) is 11.6 Å². The molecule has 0 saturated heterocycles. The van der Waals surface area contributed by atoms with Gasteiger partial charge in [0.2, 0.25) is 0 Å². The highest BCUT2D eigenvalue weighted by atomic mass is 79.9. The van der Waals surface area contributed by atoms with Gasteiger partial charge in [-0.15, -0.1) is 0 Å². The lowest BCUT2D eigenvalue weighted by atomic mass is 9.92. The summed E-state index contributed by atoms with van der Waals surface area (Å²) in [6.45, 7) is 2.12. The Hall–Kier alpha value is -1.35. The SMILES string of the molecule is COc1cccc(CC(CBr)Cc2ccccc2C)c1F. The monoisotopic (exact) mass is 350 g/mol. The van der Waals surface area contributed by atoms with E-state index in [1.165, 1.54) is 18.2 Å². The van der Waals surface area contributed by atoms with Crippen LogP contribution in [0.3, 0.4) is 0 Å². The molecule has 3 heteroatoms. The maximum Gasteiger partial charge on any atom is 0.168 e. The Morgan fingerprint density at radius 3 is 2.38 bits per heavy atom. The molecule has 0 radical (unpaired) electrons. The summed E-state index contributed by atoms with van der Waals surface area (Å²) in [4.78, 5) is 0. The molecule has 112 valence electrons. The van der Waals surface area contributed by atoms with Crippen LogP contribution in [0.4, 0.5) is 4.39 Å². The first-order valence-corrected chi connectivity index (χ1v) is 8.19. The van der Waals surface area contributed by atoms with E-state index in [1.807, 2.05) is 18.2 Å². The van der Waals surface area contributed by atoms with Crippen molar-refractivity contribution in [2.24, 2.45) is 5.92 Å². The average molecular weight is 351 g/mol. The molecule has 0 aliphatic rings. The van der Waals surface area contributed by atoms with Gasteiger partial charge in [-0.05, 0) is 48.4 Å². The maximum atomic E-state index is 14.2. The zero-order chi connectivity index (χ0) is 15.2. The van der Waals surface area contributed by atoms with E-state index in [1.54, 1.807) is 6.07 Å². The predicted molar refractivity (Wildman–Crippen MR) is 88.8 cm³/mol. The molecular weight excluding hydrogens is 331 g/mol. The number of benzene rings is 2. The molecule has 0 fully saturated rings. The van der Waals surface area contributed by atoms with Crippen molar-refractivity contribution >= 4 is 15.9 Å². The van der Waals surface area contributed by atoms with E-state index in [4.69, 9.17) is 4.74 Å². The standard InChI is InChI=1S/C18H20BrFO/c1-13-6-3-4-7-15(13)10-14(12-19)11-16-8-5-9-17(21-2)18(16)20/h3-9,14H,10-12H2,1-2H3. The summed E-state index contributed by atoms with van der Waals surface area (Å²) < 4.78 is 19.3. The number of rotatable bonds is 6. The van der Waals surface area contributed by atoms with Crippen molar-refractivity contribution < 1.29 is 9.13 Å².